The fourth-order valence-corrected chi connectivity index (χ4v) is 3.93. The number of aliphatic hydroxyl groups is 1. The second kappa shape index (κ2) is 11.9. The molecule has 2 aromatic rings. The molecule has 0 aliphatic heterocycles. The molecule has 0 heterocycles. The topological polar surface area (TPSA) is 57.5 Å². The van der Waals surface area contributed by atoms with Crippen LogP contribution >= 0.6 is 55.1 Å². The van der Waals surface area contributed by atoms with E-state index in [1.54, 1.807) is 6.07 Å². The number of aliphatic hydroxyl groups excluding tert-OH is 1. The lowest BCUT2D eigenvalue weighted by Crippen LogP contribution is -1.98. The van der Waals surface area contributed by atoms with Crippen molar-refractivity contribution < 1.29 is 15.0 Å². The van der Waals surface area contributed by atoms with Crippen molar-refractivity contribution in [1.29, 1.82) is 0 Å². The molecule has 2 rings (SSSR count). The van der Waals surface area contributed by atoms with Gasteiger partial charge in [0.1, 0.15) is 0 Å². The Kier molecular flexibility index (Phi) is 10.7. The monoisotopic (exact) mass is 510 g/mol. The molecule has 0 fully saturated rings. The molecular formula is C18H18Br2Cl2O3. The van der Waals surface area contributed by atoms with E-state index in [0.717, 1.165) is 37.9 Å². The summed E-state index contributed by atoms with van der Waals surface area (Å²) < 4.78 is 1.88. The summed E-state index contributed by atoms with van der Waals surface area (Å²) in [6.45, 7) is 0.206. The predicted octanol–water partition coefficient (Wildman–Crippen LogP) is 6.15. The maximum absolute atomic E-state index is 10.3. The normalized spacial score (nSPS) is 10.1. The van der Waals surface area contributed by atoms with Crippen molar-refractivity contribution in [3.05, 3.63) is 66.5 Å². The van der Waals surface area contributed by atoms with E-state index < -0.39 is 5.97 Å². The minimum absolute atomic E-state index is 0.0995. The summed E-state index contributed by atoms with van der Waals surface area (Å²) >= 11 is 18.6. The Morgan fingerprint density at radius 2 is 1.40 bits per heavy atom. The van der Waals surface area contributed by atoms with Crippen LogP contribution in [0.5, 0.6) is 0 Å². The van der Waals surface area contributed by atoms with Gasteiger partial charge < -0.3 is 10.2 Å². The lowest BCUT2D eigenvalue weighted by atomic mass is 10.1. The summed E-state index contributed by atoms with van der Waals surface area (Å²) in [6, 6.07) is 11.1. The van der Waals surface area contributed by atoms with Gasteiger partial charge >= 0.3 is 5.97 Å². The van der Waals surface area contributed by atoms with E-state index in [1.165, 1.54) is 0 Å². The molecule has 0 bridgehead atoms. The van der Waals surface area contributed by atoms with Crippen LogP contribution in [-0.4, -0.2) is 22.8 Å². The Bertz CT molecular complexity index is 668. The number of hydrogen-bond acceptors (Lipinski definition) is 2. The standard InChI is InChI=1S/C9H8BrClO2.C9H10BrClO/c10-7-2-1-3-8(11)6(7)4-5-9(12)13;10-8-4-1-5-9(11)7(8)3-2-6-12/h1-3H,4-5H2,(H,12,13);1,4-5,12H,2-3,6H2. The van der Waals surface area contributed by atoms with Gasteiger partial charge in [-0.25, -0.2) is 0 Å². The lowest BCUT2D eigenvalue weighted by Gasteiger charge is -2.04. The van der Waals surface area contributed by atoms with Gasteiger partial charge in [-0.05, 0) is 54.7 Å². The molecule has 0 saturated carbocycles. The van der Waals surface area contributed by atoms with Crippen LogP contribution in [0.4, 0.5) is 0 Å². The number of carboxylic acids is 1. The van der Waals surface area contributed by atoms with E-state index in [9.17, 15) is 4.79 Å². The van der Waals surface area contributed by atoms with E-state index in [0.29, 0.717) is 11.4 Å². The first kappa shape index (κ1) is 22.5. The molecule has 0 amide bonds. The van der Waals surface area contributed by atoms with Crippen molar-refractivity contribution in [2.24, 2.45) is 0 Å². The summed E-state index contributed by atoms with van der Waals surface area (Å²) in [7, 11) is 0. The van der Waals surface area contributed by atoms with Gasteiger partial charge in [0.15, 0.2) is 0 Å². The molecule has 0 spiro atoms. The van der Waals surface area contributed by atoms with E-state index >= 15 is 0 Å². The zero-order valence-corrected chi connectivity index (χ0v) is 18.0. The number of hydrogen-bond donors (Lipinski definition) is 2. The van der Waals surface area contributed by atoms with Gasteiger partial charge in [0.2, 0.25) is 0 Å². The average molecular weight is 513 g/mol. The van der Waals surface area contributed by atoms with Crippen LogP contribution < -0.4 is 0 Å². The highest BCUT2D eigenvalue weighted by Gasteiger charge is 2.06. The summed E-state index contributed by atoms with van der Waals surface area (Å²) in [5, 5.41) is 18.5. The van der Waals surface area contributed by atoms with Crippen LogP contribution in [-0.2, 0) is 17.6 Å². The van der Waals surface area contributed by atoms with Gasteiger partial charge in [0, 0.05) is 32.0 Å². The van der Waals surface area contributed by atoms with Crippen molar-refractivity contribution >= 4 is 61.0 Å². The number of benzene rings is 2. The number of rotatable bonds is 6. The number of carbonyl (C=O) groups is 1. The highest BCUT2D eigenvalue weighted by molar-refractivity contribution is 9.10. The second-order valence-electron chi connectivity index (χ2n) is 5.12. The molecule has 2 N–H and O–H groups in total. The van der Waals surface area contributed by atoms with Crippen LogP contribution in [0.3, 0.4) is 0 Å². The van der Waals surface area contributed by atoms with E-state index in [-0.39, 0.29) is 13.0 Å². The third kappa shape index (κ3) is 8.09. The van der Waals surface area contributed by atoms with Crippen LogP contribution in [0.15, 0.2) is 45.3 Å². The van der Waals surface area contributed by atoms with E-state index in [4.69, 9.17) is 33.4 Å². The zero-order chi connectivity index (χ0) is 18.8. The van der Waals surface area contributed by atoms with Crippen molar-refractivity contribution in [3.63, 3.8) is 0 Å². The molecule has 0 aromatic heterocycles. The fraction of sp³-hybridized carbons (Fsp3) is 0.278. The molecular weight excluding hydrogens is 495 g/mol. The summed E-state index contributed by atoms with van der Waals surface area (Å²) in [4.78, 5) is 10.3. The minimum atomic E-state index is -0.813. The van der Waals surface area contributed by atoms with Crippen LogP contribution in [0.2, 0.25) is 10.0 Å². The first-order chi connectivity index (χ1) is 11.9. The Balaban J connectivity index is 0.000000251. The molecule has 0 saturated heterocycles. The van der Waals surface area contributed by atoms with E-state index in [2.05, 4.69) is 31.9 Å². The average Bonchev–Trinajstić information content (AvgIpc) is 2.54. The molecule has 0 atom stereocenters. The van der Waals surface area contributed by atoms with Crippen LogP contribution in [0, 0.1) is 0 Å². The van der Waals surface area contributed by atoms with E-state index in [1.807, 2.05) is 30.3 Å². The van der Waals surface area contributed by atoms with Crippen LogP contribution in [0.25, 0.3) is 0 Å². The predicted molar refractivity (Wildman–Crippen MR) is 110 cm³/mol. The third-order valence-corrected chi connectivity index (χ3v) is 5.49. The first-order valence-corrected chi connectivity index (χ1v) is 9.89. The summed E-state index contributed by atoms with van der Waals surface area (Å²) in [5.74, 6) is -0.813. The highest BCUT2D eigenvalue weighted by Crippen LogP contribution is 2.26. The molecule has 0 radical (unpaired) electrons. The Labute approximate surface area is 174 Å². The van der Waals surface area contributed by atoms with Crippen molar-refractivity contribution in [3.8, 4) is 0 Å². The number of aliphatic carboxylic acids is 1. The van der Waals surface area contributed by atoms with Crippen molar-refractivity contribution in [2.45, 2.75) is 25.7 Å². The van der Waals surface area contributed by atoms with Gasteiger partial charge in [-0.2, -0.15) is 0 Å². The van der Waals surface area contributed by atoms with Crippen molar-refractivity contribution in [2.75, 3.05) is 6.61 Å². The zero-order valence-electron chi connectivity index (χ0n) is 13.3. The largest absolute Gasteiger partial charge is 0.481 e. The number of halogens is 4. The van der Waals surface area contributed by atoms with Gasteiger partial charge in [0.25, 0.3) is 0 Å². The minimum Gasteiger partial charge on any atom is -0.481 e. The molecule has 0 aliphatic carbocycles. The van der Waals surface area contributed by atoms with Crippen LogP contribution in [0.1, 0.15) is 24.0 Å². The lowest BCUT2D eigenvalue weighted by molar-refractivity contribution is -0.136. The molecule has 7 heteroatoms. The quantitative estimate of drug-likeness (QED) is 0.488. The van der Waals surface area contributed by atoms with Crippen molar-refractivity contribution in [1.82, 2.24) is 0 Å². The maximum Gasteiger partial charge on any atom is 0.303 e. The van der Waals surface area contributed by atoms with Gasteiger partial charge in [-0.1, -0.05) is 67.2 Å². The first-order valence-electron chi connectivity index (χ1n) is 7.55. The Morgan fingerprint density at radius 1 is 0.920 bits per heavy atom. The fourth-order valence-electron chi connectivity index (χ4n) is 2.03. The Morgan fingerprint density at radius 3 is 1.80 bits per heavy atom. The molecule has 0 aliphatic rings. The second-order valence-corrected chi connectivity index (χ2v) is 7.64. The van der Waals surface area contributed by atoms with Gasteiger partial charge in [0.05, 0.1) is 0 Å². The summed E-state index contributed by atoms with van der Waals surface area (Å²) in [6.07, 6.45) is 2.12. The summed E-state index contributed by atoms with van der Waals surface area (Å²) in [5.41, 5.74) is 1.93. The molecule has 2 aromatic carbocycles. The Hall–Kier alpha value is -0.590. The maximum atomic E-state index is 10.3. The molecule has 3 nitrogen and oxygen atoms in total. The molecule has 25 heavy (non-hydrogen) atoms. The molecule has 0 unspecified atom stereocenters. The smallest absolute Gasteiger partial charge is 0.303 e. The van der Waals surface area contributed by atoms with Gasteiger partial charge in [-0.3, -0.25) is 4.79 Å². The number of carboxylic acid groups (broad SMARTS) is 1. The van der Waals surface area contributed by atoms with Gasteiger partial charge in [-0.15, -0.1) is 0 Å². The highest BCUT2D eigenvalue weighted by atomic mass is 79.9. The SMILES string of the molecule is O=C(O)CCc1c(Cl)cccc1Br.OCCCc1c(Cl)cccc1Br. The molecule has 136 valence electrons. The third-order valence-electron chi connectivity index (χ3n) is 3.30.